The first-order chi connectivity index (χ1) is 10.9. The molecule has 0 aromatic carbocycles. The molecule has 122 valence electrons. The molecule has 2 aliphatic carbocycles. The maximum Gasteiger partial charge on any atom is 0.166 e. The minimum absolute atomic E-state index is 0.0680. The van der Waals surface area contributed by atoms with Gasteiger partial charge in [-0.2, -0.15) is 4.39 Å². The third-order valence-corrected chi connectivity index (χ3v) is 4.83. The van der Waals surface area contributed by atoms with Crippen molar-refractivity contribution in [2.75, 3.05) is 0 Å². The van der Waals surface area contributed by atoms with Crippen molar-refractivity contribution in [2.45, 2.75) is 53.4 Å². The Hall–Kier alpha value is -1.85. The Morgan fingerprint density at radius 3 is 2.83 bits per heavy atom. The third-order valence-electron chi connectivity index (χ3n) is 4.83. The van der Waals surface area contributed by atoms with E-state index >= 15 is 0 Å². The number of halogens is 1. The second-order valence-corrected chi connectivity index (χ2v) is 7.00. The Balaban J connectivity index is 2.34. The van der Waals surface area contributed by atoms with Crippen LogP contribution in [0.25, 0.3) is 0 Å². The number of allylic oxidation sites excluding steroid dienone is 10. The third kappa shape index (κ3) is 4.12. The quantitative estimate of drug-likeness (QED) is 0.495. The van der Waals surface area contributed by atoms with Gasteiger partial charge in [-0.1, -0.05) is 43.0 Å². The summed E-state index contributed by atoms with van der Waals surface area (Å²) in [5, 5.41) is 0. The molecule has 0 heterocycles. The maximum absolute atomic E-state index is 13.8. The highest BCUT2D eigenvalue weighted by atomic mass is 19.1. The summed E-state index contributed by atoms with van der Waals surface area (Å²) in [4.78, 5) is 0. The first kappa shape index (κ1) is 17.5. The summed E-state index contributed by atoms with van der Waals surface area (Å²) in [6.45, 7) is 12.8. The second kappa shape index (κ2) is 7.15. The van der Waals surface area contributed by atoms with Crippen LogP contribution in [0.3, 0.4) is 0 Å². The predicted octanol–water partition coefficient (Wildman–Crippen LogP) is 6.91. The average molecular weight is 310 g/mol. The fourth-order valence-corrected chi connectivity index (χ4v) is 3.67. The van der Waals surface area contributed by atoms with Gasteiger partial charge in [0.15, 0.2) is 5.83 Å². The van der Waals surface area contributed by atoms with Crippen LogP contribution < -0.4 is 0 Å². The molecule has 0 N–H and O–H groups in total. The van der Waals surface area contributed by atoms with E-state index in [-0.39, 0.29) is 11.2 Å². The van der Waals surface area contributed by atoms with E-state index < -0.39 is 0 Å². The van der Waals surface area contributed by atoms with Gasteiger partial charge in [-0.25, -0.2) is 0 Å². The number of hydrogen-bond acceptors (Lipinski definition) is 0. The summed E-state index contributed by atoms with van der Waals surface area (Å²) < 4.78 is 13.8. The van der Waals surface area contributed by atoms with Gasteiger partial charge in [0.25, 0.3) is 0 Å². The summed E-state index contributed by atoms with van der Waals surface area (Å²) in [6, 6.07) is 0. The van der Waals surface area contributed by atoms with Crippen molar-refractivity contribution < 1.29 is 4.39 Å². The number of hydrogen-bond donors (Lipinski definition) is 0. The van der Waals surface area contributed by atoms with Gasteiger partial charge in [-0.3, -0.25) is 0 Å². The first-order valence-electron chi connectivity index (χ1n) is 8.39. The molecule has 23 heavy (non-hydrogen) atoms. The van der Waals surface area contributed by atoms with E-state index in [1.807, 2.05) is 13.0 Å². The molecule has 0 radical (unpaired) electrons. The molecule has 0 saturated carbocycles. The molecule has 2 aliphatic rings. The fraction of sp³-hybridized carbons (Fsp3) is 0.409. The van der Waals surface area contributed by atoms with Crippen molar-refractivity contribution in [3.8, 4) is 0 Å². The van der Waals surface area contributed by atoms with E-state index in [9.17, 15) is 4.39 Å². The molecule has 0 nitrogen and oxygen atoms in total. The van der Waals surface area contributed by atoms with Crippen LogP contribution in [0.15, 0.2) is 76.4 Å². The smallest absolute Gasteiger partial charge is 0.166 e. The van der Waals surface area contributed by atoms with E-state index in [4.69, 9.17) is 0 Å². The van der Waals surface area contributed by atoms with Gasteiger partial charge < -0.3 is 0 Å². The lowest BCUT2D eigenvalue weighted by atomic mass is 9.67. The molecule has 0 bridgehead atoms. The molecule has 0 aliphatic heterocycles. The molecule has 1 atom stereocenters. The summed E-state index contributed by atoms with van der Waals surface area (Å²) in [7, 11) is 0. The van der Waals surface area contributed by atoms with Crippen LogP contribution in [0.1, 0.15) is 53.4 Å². The Bertz CT molecular complexity index is 687. The summed E-state index contributed by atoms with van der Waals surface area (Å²) >= 11 is 0. The van der Waals surface area contributed by atoms with Crippen molar-refractivity contribution in [3.63, 3.8) is 0 Å². The zero-order chi connectivity index (χ0) is 17.0. The largest absolute Gasteiger partial charge is 0.198 e. The molecule has 1 unspecified atom stereocenters. The Morgan fingerprint density at radius 2 is 2.13 bits per heavy atom. The van der Waals surface area contributed by atoms with Crippen LogP contribution >= 0.6 is 0 Å². The van der Waals surface area contributed by atoms with Crippen LogP contribution in [0.5, 0.6) is 0 Å². The minimum Gasteiger partial charge on any atom is -0.198 e. The molecular weight excluding hydrogens is 283 g/mol. The van der Waals surface area contributed by atoms with Crippen LogP contribution in [0.4, 0.5) is 4.39 Å². The number of rotatable bonds is 4. The van der Waals surface area contributed by atoms with E-state index in [2.05, 4.69) is 45.2 Å². The highest BCUT2D eigenvalue weighted by Gasteiger charge is 2.32. The predicted molar refractivity (Wildman–Crippen MR) is 97.8 cm³/mol. The zero-order valence-electron chi connectivity index (χ0n) is 14.8. The fourth-order valence-electron chi connectivity index (χ4n) is 3.67. The van der Waals surface area contributed by atoms with Gasteiger partial charge in [-0.15, -0.1) is 0 Å². The molecule has 0 fully saturated rings. The standard InChI is InChI=1S/C22H27F/c1-6-8-21-17(3)9-7-12-22(21,5)15-18(4)19-13-16(2)10-11-20(23)14-19/h6,8,10-11,13H,4,7,9,12,15H2,1-3,5H3/b8-6-. The van der Waals surface area contributed by atoms with Gasteiger partial charge in [0, 0.05) is 5.57 Å². The summed E-state index contributed by atoms with van der Waals surface area (Å²) in [5.41, 5.74) is 8.57. The molecule has 2 rings (SSSR count). The van der Waals surface area contributed by atoms with Crippen LogP contribution in [0, 0.1) is 5.41 Å². The Kier molecular flexibility index (Phi) is 5.44. The molecular formula is C22H27F. The van der Waals surface area contributed by atoms with Crippen LogP contribution in [-0.2, 0) is 0 Å². The molecule has 1 heteroatoms. The van der Waals surface area contributed by atoms with Crippen molar-refractivity contribution in [3.05, 3.63) is 76.4 Å². The molecule has 0 aromatic heterocycles. The van der Waals surface area contributed by atoms with Gasteiger partial charge in [0.05, 0.1) is 0 Å². The molecule has 0 amide bonds. The summed E-state index contributed by atoms with van der Waals surface area (Å²) in [5.74, 6) is -0.330. The van der Waals surface area contributed by atoms with Gasteiger partial charge in [-0.05, 0) is 80.7 Å². The molecule has 0 saturated heterocycles. The van der Waals surface area contributed by atoms with Gasteiger partial charge in [0.2, 0.25) is 0 Å². The van der Waals surface area contributed by atoms with Crippen molar-refractivity contribution >= 4 is 0 Å². The van der Waals surface area contributed by atoms with Crippen molar-refractivity contribution in [1.82, 2.24) is 0 Å². The van der Waals surface area contributed by atoms with Crippen LogP contribution in [-0.4, -0.2) is 0 Å². The normalized spacial score (nSPS) is 25.2. The lowest BCUT2D eigenvalue weighted by molar-refractivity contribution is 0.337. The highest BCUT2D eigenvalue weighted by molar-refractivity contribution is 5.47. The topological polar surface area (TPSA) is 0 Å². The Morgan fingerprint density at radius 1 is 1.39 bits per heavy atom. The van der Waals surface area contributed by atoms with E-state index in [1.165, 1.54) is 30.1 Å². The van der Waals surface area contributed by atoms with E-state index in [0.29, 0.717) is 0 Å². The Labute approximate surface area is 140 Å². The lowest BCUT2D eigenvalue weighted by Gasteiger charge is -2.37. The lowest BCUT2D eigenvalue weighted by Crippen LogP contribution is -2.24. The zero-order valence-corrected chi connectivity index (χ0v) is 14.8. The van der Waals surface area contributed by atoms with Crippen LogP contribution in [0.2, 0.25) is 0 Å². The minimum atomic E-state index is -0.330. The van der Waals surface area contributed by atoms with Crippen molar-refractivity contribution in [1.29, 1.82) is 0 Å². The van der Waals surface area contributed by atoms with E-state index in [0.717, 1.165) is 29.6 Å². The van der Waals surface area contributed by atoms with Gasteiger partial charge in [0.1, 0.15) is 0 Å². The molecule has 0 aromatic rings. The van der Waals surface area contributed by atoms with Crippen molar-refractivity contribution in [2.24, 2.45) is 5.41 Å². The maximum atomic E-state index is 13.8. The second-order valence-electron chi connectivity index (χ2n) is 7.00. The average Bonchev–Trinajstić information content (AvgIpc) is 2.65. The molecule has 0 spiro atoms. The SMILES string of the molecule is C=C(CC1(C)CCCC(C)=C1/C=C\C)C1=C=C(F)C=CC(C)=C1. The summed E-state index contributed by atoms with van der Waals surface area (Å²) in [6.07, 6.45) is 13.9. The van der Waals surface area contributed by atoms with Gasteiger partial charge >= 0.3 is 0 Å². The van der Waals surface area contributed by atoms with E-state index in [1.54, 1.807) is 6.08 Å². The highest BCUT2D eigenvalue weighted by Crippen LogP contribution is 2.46. The monoisotopic (exact) mass is 310 g/mol. The first-order valence-corrected chi connectivity index (χ1v) is 8.39.